The van der Waals surface area contributed by atoms with Gasteiger partial charge in [-0.05, 0) is 29.8 Å². The number of rotatable bonds is 5. The third kappa shape index (κ3) is 4.33. The first-order valence-corrected chi connectivity index (χ1v) is 7.16. The molecule has 0 saturated carbocycles. The molecule has 0 heterocycles. The van der Waals surface area contributed by atoms with Gasteiger partial charge in [0.05, 0.1) is 7.11 Å². The highest BCUT2D eigenvalue weighted by Gasteiger charge is 2.22. The topological polar surface area (TPSA) is 55.4 Å². The van der Waals surface area contributed by atoms with E-state index in [1.165, 1.54) is 7.11 Å². The van der Waals surface area contributed by atoms with E-state index in [0.717, 1.165) is 5.56 Å². The molecule has 0 bridgehead atoms. The Morgan fingerprint density at radius 3 is 2.50 bits per heavy atom. The van der Waals surface area contributed by atoms with Crippen molar-refractivity contribution in [1.82, 2.24) is 5.32 Å². The first-order chi connectivity index (χ1) is 10.6. The number of carbonyl (C=O) groups is 2. The van der Waals surface area contributed by atoms with Gasteiger partial charge in [0.2, 0.25) is 0 Å². The predicted octanol–water partition coefficient (Wildman–Crippen LogP) is 2.85. The standard InChI is InChI=1S/C17H16ClNO3/c1-22-17(21)15(11-12-6-5-9-14(18)10-12)19-16(20)13-7-3-2-4-8-13/h2-10,15H,11H2,1H3,(H,19,20)/t15-/m0/s1. The fourth-order valence-electron chi connectivity index (χ4n) is 2.07. The van der Waals surface area contributed by atoms with Crippen LogP contribution in [0.1, 0.15) is 15.9 Å². The lowest BCUT2D eigenvalue weighted by Gasteiger charge is -2.16. The Labute approximate surface area is 134 Å². The van der Waals surface area contributed by atoms with Gasteiger partial charge in [0.1, 0.15) is 6.04 Å². The fraction of sp³-hybridized carbons (Fsp3) is 0.176. The van der Waals surface area contributed by atoms with E-state index in [-0.39, 0.29) is 5.91 Å². The molecule has 2 aromatic carbocycles. The molecule has 2 rings (SSSR count). The molecular weight excluding hydrogens is 302 g/mol. The monoisotopic (exact) mass is 317 g/mol. The summed E-state index contributed by atoms with van der Waals surface area (Å²) < 4.78 is 4.76. The number of ether oxygens (including phenoxy) is 1. The Kier molecular flexibility index (Phi) is 5.55. The summed E-state index contributed by atoms with van der Waals surface area (Å²) >= 11 is 5.94. The first kappa shape index (κ1) is 16.0. The van der Waals surface area contributed by atoms with Gasteiger partial charge >= 0.3 is 5.97 Å². The summed E-state index contributed by atoms with van der Waals surface area (Å²) in [6, 6.07) is 15.1. The van der Waals surface area contributed by atoms with Gasteiger partial charge in [0.25, 0.3) is 5.91 Å². The highest BCUT2D eigenvalue weighted by atomic mass is 35.5. The average Bonchev–Trinajstić information content (AvgIpc) is 2.54. The van der Waals surface area contributed by atoms with Gasteiger partial charge in [0.15, 0.2) is 0 Å². The van der Waals surface area contributed by atoms with Crippen LogP contribution in [0.3, 0.4) is 0 Å². The SMILES string of the molecule is COC(=O)[C@H](Cc1cccc(Cl)c1)NC(=O)c1ccccc1. The Morgan fingerprint density at radius 2 is 1.86 bits per heavy atom. The fourth-order valence-corrected chi connectivity index (χ4v) is 2.28. The highest BCUT2D eigenvalue weighted by molar-refractivity contribution is 6.30. The van der Waals surface area contributed by atoms with Gasteiger partial charge in [-0.2, -0.15) is 0 Å². The number of methoxy groups -OCH3 is 1. The Hall–Kier alpha value is -2.33. The molecule has 0 unspecified atom stereocenters. The molecule has 4 nitrogen and oxygen atoms in total. The molecule has 1 atom stereocenters. The number of esters is 1. The van der Waals surface area contributed by atoms with E-state index in [0.29, 0.717) is 17.0 Å². The van der Waals surface area contributed by atoms with Crippen molar-refractivity contribution in [2.45, 2.75) is 12.5 Å². The zero-order valence-corrected chi connectivity index (χ0v) is 12.8. The third-order valence-electron chi connectivity index (χ3n) is 3.16. The van der Waals surface area contributed by atoms with Crippen LogP contribution < -0.4 is 5.32 Å². The van der Waals surface area contributed by atoms with E-state index in [1.54, 1.807) is 42.5 Å². The van der Waals surface area contributed by atoms with Gasteiger partial charge in [-0.3, -0.25) is 4.79 Å². The quantitative estimate of drug-likeness (QED) is 0.863. The molecule has 0 saturated heterocycles. The first-order valence-electron chi connectivity index (χ1n) is 6.78. The van der Waals surface area contributed by atoms with E-state index in [2.05, 4.69) is 5.32 Å². The lowest BCUT2D eigenvalue weighted by Crippen LogP contribution is -2.43. The number of carbonyl (C=O) groups excluding carboxylic acids is 2. The summed E-state index contributed by atoms with van der Waals surface area (Å²) in [4.78, 5) is 24.1. The normalized spacial score (nSPS) is 11.5. The van der Waals surface area contributed by atoms with E-state index in [9.17, 15) is 9.59 Å². The lowest BCUT2D eigenvalue weighted by molar-refractivity contribution is -0.142. The van der Waals surface area contributed by atoms with Crippen molar-refractivity contribution in [3.63, 3.8) is 0 Å². The van der Waals surface area contributed by atoms with Gasteiger partial charge < -0.3 is 10.1 Å². The number of nitrogens with one attached hydrogen (secondary N) is 1. The second-order valence-electron chi connectivity index (χ2n) is 4.75. The van der Waals surface area contributed by atoms with E-state index < -0.39 is 12.0 Å². The molecule has 0 aliphatic carbocycles. The summed E-state index contributed by atoms with van der Waals surface area (Å²) in [7, 11) is 1.29. The molecule has 0 spiro atoms. The zero-order valence-electron chi connectivity index (χ0n) is 12.1. The van der Waals surface area contributed by atoms with E-state index in [1.807, 2.05) is 12.1 Å². The molecule has 1 amide bonds. The van der Waals surface area contributed by atoms with Crippen molar-refractivity contribution in [1.29, 1.82) is 0 Å². The number of hydrogen-bond acceptors (Lipinski definition) is 3. The number of benzene rings is 2. The molecule has 0 fully saturated rings. The number of amides is 1. The maximum atomic E-state index is 12.2. The lowest BCUT2D eigenvalue weighted by atomic mass is 10.1. The molecule has 1 N–H and O–H groups in total. The minimum absolute atomic E-state index is 0.311. The van der Waals surface area contributed by atoms with Gasteiger partial charge in [0, 0.05) is 17.0 Å². The van der Waals surface area contributed by atoms with Gasteiger partial charge in [-0.15, -0.1) is 0 Å². The van der Waals surface area contributed by atoms with Crippen LogP contribution >= 0.6 is 11.6 Å². The summed E-state index contributed by atoms with van der Waals surface area (Å²) in [5.41, 5.74) is 1.33. The minimum Gasteiger partial charge on any atom is -0.467 e. The van der Waals surface area contributed by atoms with Crippen LogP contribution in [0.4, 0.5) is 0 Å². The second-order valence-corrected chi connectivity index (χ2v) is 5.19. The van der Waals surface area contributed by atoms with Crippen LogP contribution in [0.15, 0.2) is 54.6 Å². The molecule has 0 aliphatic heterocycles. The number of hydrogen-bond donors (Lipinski definition) is 1. The largest absolute Gasteiger partial charge is 0.467 e. The molecule has 0 radical (unpaired) electrons. The van der Waals surface area contributed by atoms with Gasteiger partial charge in [-0.25, -0.2) is 4.79 Å². The van der Waals surface area contributed by atoms with Crippen LogP contribution in [0.2, 0.25) is 5.02 Å². The number of halogens is 1. The third-order valence-corrected chi connectivity index (χ3v) is 3.39. The van der Waals surface area contributed by atoms with Crippen LogP contribution in [0, 0.1) is 0 Å². The maximum absolute atomic E-state index is 12.2. The van der Waals surface area contributed by atoms with Crippen molar-refractivity contribution in [2.75, 3.05) is 7.11 Å². The zero-order chi connectivity index (χ0) is 15.9. The van der Waals surface area contributed by atoms with Crippen LogP contribution in [0.25, 0.3) is 0 Å². The molecule has 22 heavy (non-hydrogen) atoms. The summed E-state index contributed by atoms with van der Waals surface area (Å²) in [5.74, 6) is -0.817. The summed E-state index contributed by atoms with van der Waals surface area (Å²) in [6.45, 7) is 0. The molecule has 114 valence electrons. The van der Waals surface area contributed by atoms with Gasteiger partial charge in [-0.1, -0.05) is 41.9 Å². The molecule has 5 heteroatoms. The Balaban J connectivity index is 2.13. The molecule has 0 aliphatic rings. The van der Waals surface area contributed by atoms with E-state index in [4.69, 9.17) is 16.3 Å². The van der Waals surface area contributed by atoms with Crippen molar-refractivity contribution in [2.24, 2.45) is 0 Å². The van der Waals surface area contributed by atoms with Crippen LogP contribution in [-0.2, 0) is 16.0 Å². The van der Waals surface area contributed by atoms with Crippen molar-refractivity contribution >= 4 is 23.5 Å². The second kappa shape index (κ2) is 7.61. The summed E-state index contributed by atoms with van der Waals surface area (Å²) in [6.07, 6.45) is 0.311. The molecular formula is C17H16ClNO3. The van der Waals surface area contributed by atoms with Crippen molar-refractivity contribution < 1.29 is 14.3 Å². The smallest absolute Gasteiger partial charge is 0.328 e. The Bertz CT molecular complexity index is 658. The maximum Gasteiger partial charge on any atom is 0.328 e. The van der Waals surface area contributed by atoms with E-state index >= 15 is 0 Å². The molecule has 0 aromatic heterocycles. The predicted molar refractivity (Wildman–Crippen MR) is 84.9 cm³/mol. The highest BCUT2D eigenvalue weighted by Crippen LogP contribution is 2.13. The van der Waals surface area contributed by atoms with Crippen LogP contribution in [-0.4, -0.2) is 25.0 Å². The average molecular weight is 318 g/mol. The summed E-state index contributed by atoms with van der Waals surface area (Å²) in [5, 5.41) is 3.27. The van der Waals surface area contributed by atoms with Crippen molar-refractivity contribution in [3.05, 3.63) is 70.7 Å². The minimum atomic E-state index is -0.767. The molecule has 2 aromatic rings. The Morgan fingerprint density at radius 1 is 1.14 bits per heavy atom. The van der Waals surface area contributed by atoms with Crippen LogP contribution in [0.5, 0.6) is 0 Å². The van der Waals surface area contributed by atoms with Crippen molar-refractivity contribution in [3.8, 4) is 0 Å².